The van der Waals surface area contributed by atoms with Crippen LogP contribution in [-0.2, 0) is 6.42 Å². The summed E-state index contributed by atoms with van der Waals surface area (Å²) in [6, 6.07) is 8.35. The van der Waals surface area contributed by atoms with E-state index in [-0.39, 0.29) is 0 Å². The maximum atomic E-state index is 9.38. The van der Waals surface area contributed by atoms with E-state index in [9.17, 15) is 5.11 Å². The number of allylic oxidation sites excluding steroid dienone is 4. The Balaban J connectivity index is 2.18. The molecular weight excluding hydrogens is 172 g/mol. The molecule has 0 unspecified atom stereocenters. The average molecular weight is 182 g/mol. The first-order chi connectivity index (χ1) is 6.83. The van der Waals surface area contributed by atoms with E-state index < -0.39 is 0 Å². The Kier molecular flexibility index (Phi) is 1.42. The molecular formula is C13H10O. The molecule has 14 heavy (non-hydrogen) atoms. The van der Waals surface area contributed by atoms with Gasteiger partial charge in [-0.05, 0) is 46.9 Å². The number of fused-ring (bicyclic) bond motifs is 2. The zero-order valence-corrected chi connectivity index (χ0v) is 7.70. The summed E-state index contributed by atoms with van der Waals surface area (Å²) in [4.78, 5) is 0. The second kappa shape index (κ2) is 2.61. The summed E-state index contributed by atoms with van der Waals surface area (Å²) in [5.74, 6) is 0.374. The lowest BCUT2D eigenvalue weighted by molar-refractivity contribution is 0.434. The topological polar surface area (TPSA) is 20.2 Å². The summed E-state index contributed by atoms with van der Waals surface area (Å²) in [7, 11) is 0. The quantitative estimate of drug-likeness (QED) is 0.654. The van der Waals surface area contributed by atoms with Gasteiger partial charge in [0.1, 0.15) is 5.76 Å². The highest BCUT2D eigenvalue weighted by Crippen LogP contribution is 2.33. The molecule has 1 nitrogen and oxygen atoms in total. The van der Waals surface area contributed by atoms with Crippen molar-refractivity contribution in [3.05, 3.63) is 64.4 Å². The lowest BCUT2D eigenvalue weighted by atomic mass is 9.90. The zero-order valence-electron chi connectivity index (χ0n) is 7.70. The van der Waals surface area contributed by atoms with Crippen molar-refractivity contribution in [1.82, 2.24) is 0 Å². The van der Waals surface area contributed by atoms with Crippen molar-refractivity contribution in [2.75, 3.05) is 0 Å². The second-order valence-electron chi connectivity index (χ2n) is 3.71. The minimum absolute atomic E-state index is 0.374. The Morgan fingerprint density at radius 1 is 1.00 bits per heavy atom. The van der Waals surface area contributed by atoms with Crippen LogP contribution in [0.5, 0.6) is 0 Å². The molecule has 2 aliphatic carbocycles. The summed E-state index contributed by atoms with van der Waals surface area (Å²) >= 11 is 0. The highest BCUT2D eigenvalue weighted by molar-refractivity contribution is 5.72. The van der Waals surface area contributed by atoms with Crippen molar-refractivity contribution in [2.24, 2.45) is 0 Å². The molecule has 1 aromatic carbocycles. The molecule has 0 amide bonds. The first-order valence-corrected chi connectivity index (χ1v) is 4.74. The predicted molar refractivity (Wildman–Crippen MR) is 56.9 cm³/mol. The zero-order chi connectivity index (χ0) is 9.54. The minimum Gasteiger partial charge on any atom is -0.508 e. The minimum atomic E-state index is 0.374. The number of hydrogen-bond donors (Lipinski definition) is 1. The predicted octanol–water partition coefficient (Wildman–Crippen LogP) is 3.01. The van der Waals surface area contributed by atoms with Crippen LogP contribution in [-0.4, -0.2) is 5.11 Å². The first kappa shape index (κ1) is 7.63. The van der Waals surface area contributed by atoms with E-state index in [1.165, 1.54) is 16.7 Å². The van der Waals surface area contributed by atoms with Crippen molar-refractivity contribution >= 4 is 6.08 Å². The number of rotatable bonds is 0. The van der Waals surface area contributed by atoms with Crippen LogP contribution in [0.1, 0.15) is 11.1 Å². The van der Waals surface area contributed by atoms with Crippen LogP contribution in [0.4, 0.5) is 0 Å². The number of aliphatic hydroxyl groups is 1. The van der Waals surface area contributed by atoms with Crippen LogP contribution in [0.2, 0.25) is 0 Å². The number of aliphatic hydroxyl groups excluding tert-OH is 1. The molecule has 0 radical (unpaired) electrons. The molecule has 0 aliphatic heterocycles. The largest absolute Gasteiger partial charge is 0.508 e. The maximum absolute atomic E-state index is 9.38. The van der Waals surface area contributed by atoms with Crippen LogP contribution >= 0.6 is 0 Å². The van der Waals surface area contributed by atoms with Gasteiger partial charge in [-0.2, -0.15) is 0 Å². The van der Waals surface area contributed by atoms with E-state index in [0.717, 1.165) is 12.0 Å². The number of benzene rings is 1. The fourth-order valence-electron chi connectivity index (χ4n) is 2.05. The smallest absolute Gasteiger partial charge is 0.116 e. The van der Waals surface area contributed by atoms with Gasteiger partial charge in [-0.1, -0.05) is 24.3 Å². The van der Waals surface area contributed by atoms with Gasteiger partial charge in [-0.25, -0.2) is 0 Å². The Morgan fingerprint density at radius 3 is 2.79 bits per heavy atom. The van der Waals surface area contributed by atoms with Gasteiger partial charge in [0, 0.05) is 0 Å². The summed E-state index contributed by atoms with van der Waals surface area (Å²) in [6.07, 6.45) is 6.74. The third-order valence-electron chi connectivity index (χ3n) is 2.74. The molecule has 0 saturated carbocycles. The van der Waals surface area contributed by atoms with Crippen molar-refractivity contribution < 1.29 is 5.11 Å². The Bertz CT molecular complexity index is 490. The van der Waals surface area contributed by atoms with E-state index in [1.807, 2.05) is 18.2 Å². The third kappa shape index (κ3) is 1.02. The lowest BCUT2D eigenvalue weighted by Gasteiger charge is -2.14. The van der Waals surface area contributed by atoms with Crippen molar-refractivity contribution in [3.63, 3.8) is 0 Å². The maximum Gasteiger partial charge on any atom is 0.116 e. The summed E-state index contributed by atoms with van der Waals surface area (Å²) in [6.45, 7) is 0. The SMILES string of the molecule is OC1=CC2=Cc3ccccc3CC2=C1. The van der Waals surface area contributed by atoms with Gasteiger partial charge < -0.3 is 5.11 Å². The normalized spacial score (nSPS) is 17.9. The summed E-state index contributed by atoms with van der Waals surface area (Å²) < 4.78 is 0. The van der Waals surface area contributed by atoms with E-state index in [2.05, 4.69) is 24.3 Å². The van der Waals surface area contributed by atoms with Crippen LogP contribution in [0, 0.1) is 0 Å². The van der Waals surface area contributed by atoms with Gasteiger partial charge in [0.25, 0.3) is 0 Å². The molecule has 0 atom stereocenters. The third-order valence-corrected chi connectivity index (χ3v) is 2.74. The fourth-order valence-corrected chi connectivity index (χ4v) is 2.05. The van der Waals surface area contributed by atoms with Crippen LogP contribution < -0.4 is 0 Å². The average Bonchev–Trinajstić information content (AvgIpc) is 2.53. The van der Waals surface area contributed by atoms with Crippen LogP contribution in [0.15, 0.2) is 53.3 Å². The monoisotopic (exact) mass is 182 g/mol. The molecule has 0 heterocycles. The van der Waals surface area contributed by atoms with Crippen molar-refractivity contribution in [1.29, 1.82) is 0 Å². The Morgan fingerprint density at radius 2 is 1.86 bits per heavy atom. The van der Waals surface area contributed by atoms with E-state index >= 15 is 0 Å². The van der Waals surface area contributed by atoms with Gasteiger partial charge >= 0.3 is 0 Å². The van der Waals surface area contributed by atoms with Crippen molar-refractivity contribution in [2.45, 2.75) is 6.42 Å². The fraction of sp³-hybridized carbons (Fsp3) is 0.0769. The molecule has 1 heteroatoms. The molecule has 0 fully saturated rings. The van der Waals surface area contributed by atoms with Crippen LogP contribution in [0.25, 0.3) is 6.08 Å². The standard InChI is InChI=1S/C13H10O/c14-13-7-11-5-9-3-1-2-4-10(9)6-12(11)8-13/h1-5,7-8,14H,6H2. The van der Waals surface area contributed by atoms with Gasteiger partial charge in [-0.3, -0.25) is 0 Å². The Labute approximate surface area is 82.7 Å². The van der Waals surface area contributed by atoms with Gasteiger partial charge in [-0.15, -0.1) is 0 Å². The van der Waals surface area contributed by atoms with Crippen LogP contribution in [0.3, 0.4) is 0 Å². The lowest BCUT2D eigenvalue weighted by Crippen LogP contribution is -1.99. The second-order valence-corrected chi connectivity index (χ2v) is 3.71. The molecule has 68 valence electrons. The molecule has 0 aromatic heterocycles. The summed E-state index contributed by atoms with van der Waals surface area (Å²) in [5.41, 5.74) is 4.98. The molecule has 2 aliphatic rings. The molecule has 0 saturated heterocycles. The van der Waals surface area contributed by atoms with Crippen molar-refractivity contribution in [3.8, 4) is 0 Å². The number of hydrogen-bond acceptors (Lipinski definition) is 1. The van der Waals surface area contributed by atoms with E-state index in [0.29, 0.717) is 5.76 Å². The van der Waals surface area contributed by atoms with Gasteiger partial charge in [0.2, 0.25) is 0 Å². The van der Waals surface area contributed by atoms with E-state index in [1.54, 1.807) is 0 Å². The molecule has 1 aromatic rings. The Hall–Kier alpha value is -1.76. The molecule has 0 bridgehead atoms. The highest BCUT2D eigenvalue weighted by Gasteiger charge is 2.17. The summed E-state index contributed by atoms with van der Waals surface area (Å²) in [5, 5.41) is 9.38. The molecule has 3 rings (SSSR count). The van der Waals surface area contributed by atoms with Gasteiger partial charge in [0.15, 0.2) is 0 Å². The highest BCUT2D eigenvalue weighted by atomic mass is 16.3. The van der Waals surface area contributed by atoms with Gasteiger partial charge in [0.05, 0.1) is 0 Å². The molecule has 0 spiro atoms. The first-order valence-electron chi connectivity index (χ1n) is 4.74. The molecule has 1 N–H and O–H groups in total. The van der Waals surface area contributed by atoms with E-state index in [4.69, 9.17) is 0 Å².